The lowest BCUT2D eigenvalue weighted by atomic mass is 10.1. The van der Waals surface area contributed by atoms with Gasteiger partial charge in [0, 0.05) is 13.1 Å². The molecule has 2 aliphatic carbocycles. The first-order chi connectivity index (χ1) is 11.3. The van der Waals surface area contributed by atoms with E-state index in [1.54, 1.807) is 0 Å². The molecule has 1 atom stereocenters. The number of rotatable bonds is 9. The molecule has 5 nitrogen and oxygen atoms in total. The van der Waals surface area contributed by atoms with E-state index in [2.05, 4.69) is 12.2 Å². The lowest BCUT2D eigenvalue weighted by Gasteiger charge is -2.29. The summed E-state index contributed by atoms with van der Waals surface area (Å²) in [4.78, 5) is 27.2. The van der Waals surface area contributed by atoms with Gasteiger partial charge in [0.25, 0.3) is 0 Å². The van der Waals surface area contributed by atoms with Gasteiger partial charge in [0.05, 0.1) is 0 Å². The van der Waals surface area contributed by atoms with Crippen LogP contribution < -0.4 is 5.32 Å². The molecule has 1 N–H and O–H groups in total. The average molecular weight is 338 g/mol. The van der Waals surface area contributed by atoms with Crippen LogP contribution >= 0.6 is 0 Å². The molecule has 0 unspecified atom stereocenters. The average Bonchev–Trinajstić information content (AvgIpc) is 3.35. The Hall–Kier alpha value is -1.26. The van der Waals surface area contributed by atoms with E-state index in [0.717, 1.165) is 25.9 Å². The molecule has 0 aromatic carbocycles. The highest BCUT2D eigenvalue weighted by Gasteiger charge is 2.35. The Labute approximate surface area is 146 Å². The quantitative estimate of drug-likeness (QED) is 0.697. The van der Waals surface area contributed by atoms with Crippen molar-refractivity contribution in [3.8, 4) is 0 Å². The van der Waals surface area contributed by atoms with Gasteiger partial charge in [0.2, 0.25) is 5.91 Å². The van der Waals surface area contributed by atoms with E-state index in [4.69, 9.17) is 4.74 Å². The van der Waals surface area contributed by atoms with E-state index in [1.165, 1.54) is 25.7 Å². The summed E-state index contributed by atoms with van der Waals surface area (Å²) in [5.41, 5.74) is -0.551. The fourth-order valence-corrected chi connectivity index (χ4v) is 2.81. The number of hydrogen-bond acceptors (Lipinski definition) is 3. The summed E-state index contributed by atoms with van der Waals surface area (Å²) < 4.78 is 5.34. The highest BCUT2D eigenvalue weighted by molar-refractivity contribution is 5.85. The van der Waals surface area contributed by atoms with Crippen molar-refractivity contribution in [2.24, 2.45) is 11.8 Å². The molecule has 2 fully saturated rings. The molecule has 0 aromatic heterocycles. The zero-order chi connectivity index (χ0) is 17.7. The topological polar surface area (TPSA) is 58.6 Å². The van der Waals surface area contributed by atoms with E-state index >= 15 is 0 Å². The van der Waals surface area contributed by atoms with Crippen molar-refractivity contribution in [1.82, 2.24) is 10.2 Å². The van der Waals surface area contributed by atoms with Crippen LogP contribution in [-0.4, -0.2) is 41.6 Å². The lowest BCUT2D eigenvalue weighted by molar-refractivity contribution is -0.134. The molecular weight excluding hydrogens is 304 g/mol. The molecule has 0 heterocycles. The number of carbonyl (C=O) groups excluding carboxylic acids is 2. The standard InChI is InChI=1S/C19H34N2O3/c1-5-6-7-16(20-18(23)24-19(2,3)4)17(22)21(12-14-8-9-14)13-15-10-11-15/h14-16H,5-13H2,1-4H3,(H,20,23)/t16-/m0/s1. The molecule has 0 bridgehead atoms. The fourth-order valence-electron chi connectivity index (χ4n) is 2.81. The van der Waals surface area contributed by atoms with E-state index < -0.39 is 17.7 Å². The molecule has 2 saturated carbocycles. The largest absolute Gasteiger partial charge is 0.444 e. The van der Waals surface area contributed by atoms with Crippen LogP contribution in [0, 0.1) is 11.8 Å². The fraction of sp³-hybridized carbons (Fsp3) is 0.895. The zero-order valence-corrected chi connectivity index (χ0v) is 15.8. The number of nitrogens with zero attached hydrogens (tertiary/aromatic N) is 1. The van der Waals surface area contributed by atoms with Gasteiger partial charge >= 0.3 is 6.09 Å². The molecule has 0 radical (unpaired) electrons. The Bertz CT molecular complexity index is 422. The van der Waals surface area contributed by atoms with Gasteiger partial charge in [-0.1, -0.05) is 19.8 Å². The second-order valence-electron chi connectivity index (χ2n) is 8.47. The third-order valence-electron chi connectivity index (χ3n) is 4.50. The Morgan fingerprint density at radius 1 is 1.12 bits per heavy atom. The molecule has 138 valence electrons. The lowest BCUT2D eigenvalue weighted by Crippen LogP contribution is -2.50. The van der Waals surface area contributed by atoms with Gasteiger partial charge in [0.15, 0.2) is 0 Å². The van der Waals surface area contributed by atoms with E-state index in [9.17, 15) is 9.59 Å². The summed E-state index contributed by atoms with van der Waals surface area (Å²) in [5, 5.41) is 2.82. The number of alkyl carbamates (subject to hydrolysis) is 1. The SMILES string of the molecule is CCCC[C@H](NC(=O)OC(C)(C)C)C(=O)N(CC1CC1)CC1CC1. The summed E-state index contributed by atoms with van der Waals surface area (Å²) in [6.07, 6.45) is 7.04. The minimum Gasteiger partial charge on any atom is -0.444 e. The monoisotopic (exact) mass is 338 g/mol. The number of ether oxygens (including phenoxy) is 1. The van der Waals surface area contributed by atoms with E-state index in [-0.39, 0.29) is 5.91 Å². The molecule has 24 heavy (non-hydrogen) atoms. The molecule has 5 heteroatoms. The normalized spacial score (nSPS) is 18.8. The number of carbonyl (C=O) groups is 2. The van der Waals surface area contributed by atoms with Crippen LogP contribution in [0.25, 0.3) is 0 Å². The van der Waals surface area contributed by atoms with Crippen LogP contribution in [0.2, 0.25) is 0 Å². The van der Waals surface area contributed by atoms with Crippen molar-refractivity contribution >= 4 is 12.0 Å². The highest BCUT2D eigenvalue weighted by Crippen LogP contribution is 2.34. The van der Waals surface area contributed by atoms with Crippen molar-refractivity contribution in [2.75, 3.05) is 13.1 Å². The summed E-state index contributed by atoms with van der Waals surface area (Å²) in [6.45, 7) is 9.31. The first-order valence-corrected chi connectivity index (χ1v) is 9.56. The number of hydrogen-bond donors (Lipinski definition) is 1. The Kier molecular flexibility index (Phi) is 6.53. The predicted octanol–water partition coefficient (Wildman–Crippen LogP) is 3.72. The molecule has 0 aliphatic heterocycles. The first-order valence-electron chi connectivity index (χ1n) is 9.56. The Morgan fingerprint density at radius 3 is 2.08 bits per heavy atom. The van der Waals surface area contributed by atoms with Crippen molar-refractivity contribution in [3.63, 3.8) is 0 Å². The molecule has 0 aromatic rings. The summed E-state index contributed by atoms with van der Waals surface area (Å²) in [5.74, 6) is 1.41. The second-order valence-corrected chi connectivity index (χ2v) is 8.47. The van der Waals surface area contributed by atoms with Gasteiger partial charge in [0.1, 0.15) is 11.6 Å². The summed E-state index contributed by atoms with van der Waals surface area (Å²) in [6, 6.07) is -0.461. The van der Waals surface area contributed by atoms with Gasteiger partial charge < -0.3 is 15.0 Å². The number of amides is 2. The molecule has 2 aliphatic rings. The minimum atomic E-state index is -0.551. The summed E-state index contributed by atoms with van der Waals surface area (Å²) >= 11 is 0. The van der Waals surface area contributed by atoms with Crippen molar-refractivity contribution in [3.05, 3.63) is 0 Å². The Morgan fingerprint density at radius 2 is 1.67 bits per heavy atom. The van der Waals surface area contributed by atoms with Crippen LogP contribution in [-0.2, 0) is 9.53 Å². The molecule has 0 saturated heterocycles. The van der Waals surface area contributed by atoms with Gasteiger partial charge in [-0.05, 0) is 64.7 Å². The van der Waals surface area contributed by atoms with Gasteiger partial charge in [-0.15, -0.1) is 0 Å². The van der Waals surface area contributed by atoms with Crippen molar-refractivity contribution < 1.29 is 14.3 Å². The van der Waals surface area contributed by atoms with E-state index in [0.29, 0.717) is 18.3 Å². The van der Waals surface area contributed by atoms with Gasteiger partial charge in [-0.2, -0.15) is 0 Å². The maximum Gasteiger partial charge on any atom is 0.408 e. The highest BCUT2D eigenvalue weighted by atomic mass is 16.6. The molecule has 2 rings (SSSR count). The number of unbranched alkanes of at least 4 members (excludes halogenated alkanes) is 1. The van der Waals surface area contributed by atoms with Gasteiger partial charge in [-0.3, -0.25) is 4.79 Å². The maximum atomic E-state index is 13.0. The van der Waals surface area contributed by atoms with E-state index in [1.807, 2.05) is 25.7 Å². The molecule has 2 amide bonds. The van der Waals surface area contributed by atoms with Crippen molar-refractivity contribution in [1.29, 1.82) is 0 Å². The zero-order valence-electron chi connectivity index (χ0n) is 15.8. The van der Waals surface area contributed by atoms with Crippen LogP contribution in [0.4, 0.5) is 4.79 Å². The molecule has 0 spiro atoms. The first kappa shape index (κ1) is 19.1. The van der Waals surface area contributed by atoms with Gasteiger partial charge in [-0.25, -0.2) is 4.79 Å². The number of nitrogens with one attached hydrogen (secondary N) is 1. The smallest absolute Gasteiger partial charge is 0.408 e. The van der Waals surface area contributed by atoms with Crippen LogP contribution in [0.1, 0.15) is 72.6 Å². The summed E-state index contributed by atoms with van der Waals surface area (Å²) in [7, 11) is 0. The van der Waals surface area contributed by atoms with Crippen LogP contribution in [0.15, 0.2) is 0 Å². The minimum absolute atomic E-state index is 0.0770. The molecular formula is C19H34N2O3. The van der Waals surface area contributed by atoms with Crippen molar-refractivity contribution in [2.45, 2.75) is 84.3 Å². The maximum absolute atomic E-state index is 13.0. The third-order valence-corrected chi connectivity index (χ3v) is 4.50. The third kappa shape index (κ3) is 7.10. The predicted molar refractivity (Wildman–Crippen MR) is 94.7 cm³/mol. The second kappa shape index (κ2) is 8.21. The van der Waals surface area contributed by atoms with Crippen LogP contribution in [0.3, 0.4) is 0 Å². The van der Waals surface area contributed by atoms with Crippen LogP contribution in [0.5, 0.6) is 0 Å². The Balaban J connectivity index is 1.96.